The van der Waals surface area contributed by atoms with Gasteiger partial charge >= 0.3 is 0 Å². The number of nitriles is 1. The summed E-state index contributed by atoms with van der Waals surface area (Å²) in [5.74, 6) is 0. The van der Waals surface area contributed by atoms with Crippen LogP contribution in [0.3, 0.4) is 0 Å². The molecular formula is C10H16N2. The van der Waals surface area contributed by atoms with Crippen LogP contribution in [0.2, 0.25) is 0 Å². The lowest BCUT2D eigenvalue weighted by molar-refractivity contribution is 0.316. The normalized spacial score (nSPS) is 19.1. The third-order valence-electron chi connectivity index (χ3n) is 2.37. The lowest BCUT2D eigenvalue weighted by Gasteiger charge is -2.24. The van der Waals surface area contributed by atoms with Crippen LogP contribution in [0.15, 0.2) is 12.3 Å². The summed E-state index contributed by atoms with van der Waals surface area (Å²) in [6, 6.07) is 2.11. The first kappa shape index (κ1) is 9.12. The van der Waals surface area contributed by atoms with Crippen molar-refractivity contribution in [3.63, 3.8) is 0 Å². The summed E-state index contributed by atoms with van der Waals surface area (Å²) >= 11 is 0. The molecule has 2 nitrogen and oxygen atoms in total. The summed E-state index contributed by atoms with van der Waals surface area (Å²) in [7, 11) is 0. The molecular weight excluding hydrogens is 148 g/mol. The minimum Gasteiger partial charge on any atom is -0.364 e. The van der Waals surface area contributed by atoms with E-state index in [1.807, 2.05) is 0 Å². The number of rotatable bonds is 1. The molecule has 0 saturated carbocycles. The zero-order valence-electron chi connectivity index (χ0n) is 7.55. The van der Waals surface area contributed by atoms with Crippen LogP contribution in [0.1, 0.15) is 32.1 Å². The molecule has 1 heterocycles. The molecule has 0 spiro atoms. The van der Waals surface area contributed by atoms with E-state index in [-0.39, 0.29) is 0 Å². The Morgan fingerprint density at radius 1 is 1.08 bits per heavy atom. The quantitative estimate of drug-likeness (QED) is 0.556. The third-order valence-corrected chi connectivity index (χ3v) is 2.37. The Bertz CT molecular complexity index is 183. The van der Waals surface area contributed by atoms with Gasteiger partial charge in [0.2, 0.25) is 0 Å². The standard InChI is InChI=1S/C10H16N2/c1-10(9-11)12-7-5-3-2-4-6-8-12/h1-8H2. The van der Waals surface area contributed by atoms with Crippen molar-refractivity contribution >= 4 is 0 Å². The fraction of sp³-hybridized carbons (Fsp3) is 0.700. The summed E-state index contributed by atoms with van der Waals surface area (Å²) in [6.45, 7) is 5.77. The highest BCUT2D eigenvalue weighted by atomic mass is 15.1. The minimum atomic E-state index is 0.636. The molecule has 0 radical (unpaired) electrons. The van der Waals surface area contributed by atoms with Crippen LogP contribution in [0, 0.1) is 11.3 Å². The number of nitrogens with zero attached hydrogens (tertiary/aromatic N) is 2. The van der Waals surface area contributed by atoms with Gasteiger partial charge in [0.25, 0.3) is 0 Å². The molecule has 1 aliphatic rings. The fourth-order valence-corrected chi connectivity index (χ4v) is 1.59. The summed E-state index contributed by atoms with van der Waals surface area (Å²) < 4.78 is 0. The maximum absolute atomic E-state index is 8.66. The lowest BCUT2D eigenvalue weighted by atomic mass is 10.1. The van der Waals surface area contributed by atoms with Crippen LogP contribution in [-0.2, 0) is 0 Å². The molecule has 1 fully saturated rings. The van der Waals surface area contributed by atoms with Crippen molar-refractivity contribution in [3.05, 3.63) is 12.3 Å². The molecule has 0 aromatic rings. The van der Waals surface area contributed by atoms with Gasteiger partial charge in [-0.2, -0.15) is 5.26 Å². The van der Waals surface area contributed by atoms with Gasteiger partial charge in [-0.15, -0.1) is 0 Å². The first-order chi connectivity index (χ1) is 5.84. The second kappa shape index (κ2) is 4.82. The van der Waals surface area contributed by atoms with Gasteiger partial charge in [-0.1, -0.05) is 25.8 Å². The van der Waals surface area contributed by atoms with Crippen LogP contribution in [0.5, 0.6) is 0 Å². The predicted molar refractivity (Wildman–Crippen MR) is 49.4 cm³/mol. The monoisotopic (exact) mass is 164 g/mol. The highest BCUT2D eigenvalue weighted by Gasteiger charge is 2.08. The molecule has 0 aromatic heterocycles. The highest BCUT2D eigenvalue weighted by Crippen LogP contribution is 2.13. The average molecular weight is 164 g/mol. The molecule has 12 heavy (non-hydrogen) atoms. The Kier molecular flexibility index (Phi) is 3.66. The fourth-order valence-electron chi connectivity index (χ4n) is 1.59. The van der Waals surface area contributed by atoms with E-state index in [2.05, 4.69) is 17.5 Å². The molecule has 0 N–H and O–H groups in total. The van der Waals surface area contributed by atoms with Crippen LogP contribution in [0.4, 0.5) is 0 Å². The van der Waals surface area contributed by atoms with Gasteiger partial charge in [0.15, 0.2) is 0 Å². The van der Waals surface area contributed by atoms with Gasteiger partial charge < -0.3 is 4.90 Å². The molecule has 0 aromatic carbocycles. The van der Waals surface area contributed by atoms with E-state index < -0.39 is 0 Å². The Morgan fingerprint density at radius 3 is 2.08 bits per heavy atom. The second-order valence-electron chi connectivity index (χ2n) is 3.31. The Balaban J connectivity index is 2.40. The molecule has 1 rings (SSSR count). The van der Waals surface area contributed by atoms with Crippen molar-refractivity contribution in [1.82, 2.24) is 4.90 Å². The molecule has 1 saturated heterocycles. The third kappa shape index (κ3) is 2.58. The van der Waals surface area contributed by atoms with Crippen LogP contribution < -0.4 is 0 Å². The van der Waals surface area contributed by atoms with Gasteiger partial charge in [-0.3, -0.25) is 0 Å². The number of likely N-dealkylation sites (tertiary alicyclic amines) is 1. The van der Waals surface area contributed by atoms with Crippen molar-refractivity contribution in [2.45, 2.75) is 32.1 Å². The zero-order valence-corrected chi connectivity index (χ0v) is 7.55. The average Bonchev–Trinajstić information content (AvgIpc) is 2.02. The highest BCUT2D eigenvalue weighted by molar-refractivity contribution is 5.14. The van der Waals surface area contributed by atoms with Crippen LogP contribution in [-0.4, -0.2) is 18.0 Å². The van der Waals surface area contributed by atoms with E-state index in [1.165, 1.54) is 32.1 Å². The molecule has 0 unspecified atom stereocenters. The van der Waals surface area contributed by atoms with E-state index >= 15 is 0 Å². The number of allylic oxidation sites excluding steroid dienone is 1. The van der Waals surface area contributed by atoms with Gasteiger partial charge in [-0.05, 0) is 12.8 Å². The van der Waals surface area contributed by atoms with Gasteiger partial charge in [0, 0.05) is 13.1 Å². The van der Waals surface area contributed by atoms with E-state index in [4.69, 9.17) is 5.26 Å². The van der Waals surface area contributed by atoms with Crippen LogP contribution >= 0.6 is 0 Å². The SMILES string of the molecule is C=C(C#N)N1CCCCCCC1. The van der Waals surface area contributed by atoms with E-state index in [0.29, 0.717) is 5.70 Å². The maximum atomic E-state index is 8.66. The summed E-state index contributed by atoms with van der Waals surface area (Å²) in [5.41, 5.74) is 0.636. The first-order valence-electron chi connectivity index (χ1n) is 4.68. The summed E-state index contributed by atoms with van der Waals surface area (Å²) in [4.78, 5) is 2.11. The van der Waals surface area contributed by atoms with E-state index in [1.54, 1.807) is 0 Å². The molecule has 0 amide bonds. The van der Waals surface area contributed by atoms with Crippen molar-refractivity contribution in [2.75, 3.05) is 13.1 Å². The largest absolute Gasteiger partial charge is 0.364 e. The molecule has 0 bridgehead atoms. The topological polar surface area (TPSA) is 27.0 Å². The first-order valence-corrected chi connectivity index (χ1v) is 4.68. The van der Waals surface area contributed by atoms with Crippen molar-refractivity contribution < 1.29 is 0 Å². The molecule has 66 valence electrons. The number of hydrogen-bond donors (Lipinski definition) is 0. The summed E-state index contributed by atoms with van der Waals surface area (Å²) in [6.07, 6.45) is 6.37. The lowest BCUT2D eigenvalue weighted by Crippen LogP contribution is -2.25. The van der Waals surface area contributed by atoms with Crippen molar-refractivity contribution in [3.8, 4) is 6.07 Å². The smallest absolute Gasteiger partial charge is 0.116 e. The number of hydrogen-bond acceptors (Lipinski definition) is 2. The van der Waals surface area contributed by atoms with Crippen molar-refractivity contribution in [1.29, 1.82) is 5.26 Å². The van der Waals surface area contributed by atoms with Crippen LogP contribution in [0.25, 0.3) is 0 Å². The van der Waals surface area contributed by atoms with Gasteiger partial charge in [0.1, 0.15) is 11.8 Å². The Morgan fingerprint density at radius 2 is 1.58 bits per heavy atom. The summed E-state index contributed by atoms with van der Waals surface area (Å²) in [5, 5.41) is 8.66. The minimum absolute atomic E-state index is 0.636. The van der Waals surface area contributed by atoms with E-state index in [0.717, 1.165) is 13.1 Å². The van der Waals surface area contributed by atoms with Crippen molar-refractivity contribution in [2.24, 2.45) is 0 Å². The predicted octanol–water partition coefficient (Wildman–Crippen LogP) is 2.29. The van der Waals surface area contributed by atoms with E-state index in [9.17, 15) is 0 Å². The zero-order chi connectivity index (χ0) is 8.81. The Labute approximate surface area is 74.5 Å². The molecule has 0 atom stereocenters. The second-order valence-corrected chi connectivity index (χ2v) is 3.31. The maximum Gasteiger partial charge on any atom is 0.116 e. The van der Waals surface area contributed by atoms with Gasteiger partial charge in [0.05, 0.1) is 0 Å². The Hall–Kier alpha value is -0.970. The molecule has 2 heteroatoms. The molecule has 1 aliphatic heterocycles. The van der Waals surface area contributed by atoms with Gasteiger partial charge in [-0.25, -0.2) is 0 Å². The molecule has 0 aliphatic carbocycles.